The fourth-order valence-corrected chi connectivity index (χ4v) is 7.41. The monoisotopic (exact) mass is 414 g/mol. The van der Waals surface area contributed by atoms with Crippen LogP contribution in [0.3, 0.4) is 0 Å². The van der Waals surface area contributed by atoms with Gasteiger partial charge in [0, 0.05) is 6.08 Å². The molecule has 4 aliphatic carbocycles. The molecule has 0 radical (unpaired) electrons. The molecule has 6 rings (SSSR count). The van der Waals surface area contributed by atoms with Gasteiger partial charge in [-0.05, 0) is 91.7 Å². The van der Waals surface area contributed by atoms with Crippen LogP contribution in [0.5, 0.6) is 0 Å². The summed E-state index contributed by atoms with van der Waals surface area (Å²) < 4.78 is 6.41. The molecular weight excluding hydrogens is 380 g/mol. The van der Waals surface area contributed by atoms with Crippen molar-refractivity contribution in [3.63, 3.8) is 0 Å². The second-order valence-corrected chi connectivity index (χ2v) is 10.5. The molecule has 0 spiro atoms. The molecule has 4 saturated carbocycles. The van der Waals surface area contributed by atoms with Gasteiger partial charge in [-0.15, -0.1) is 0 Å². The highest BCUT2D eigenvalue weighted by molar-refractivity contribution is 5.87. The largest absolute Gasteiger partial charge is 0.451 e. The Kier molecular flexibility index (Phi) is 5.50. The number of carbonyl (C=O) groups excluding carboxylic acids is 1. The molecule has 0 aliphatic heterocycles. The summed E-state index contributed by atoms with van der Waals surface area (Å²) in [5.41, 5.74) is 1.95. The van der Waals surface area contributed by atoms with Crippen molar-refractivity contribution < 1.29 is 9.53 Å². The molecule has 162 valence electrons. The Bertz CT molecular complexity index is 894. The molecule has 2 heteroatoms. The third-order valence-corrected chi connectivity index (χ3v) is 8.20. The Morgan fingerprint density at radius 2 is 1.48 bits per heavy atom. The summed E-state index contributed by atoms with van der Waals surface area (Å²) in [7, 11) is 0. The average Bonchev–Trinajstić information content (AvgIpc) is 2.77. The van der Waals surface area contributed by atoms with E-state index < -0.39 is 5.60 Å². The van der Waals surface area contributed by atoms with Crippen LogP contribution in [0.1, 0.15) is 69.4 Å². The molecule has 4 bridgehead atoms. The predicted molar refractivity (Wildman–Crippen MR) is 125 cm³/mol. The van der Waals surface area contributed by atoms with Crippen LogP contribution in [0.15, 0.2) is 66.7 Å². The van der Waals surface area contributed by atoms with E-state index >= 15 is 0 Å². The maximum atomic E-state index is 13.0. The Morgan fingerprint density at radius 1 is 0.935 bits per heavy atom. The predicted octanol–water partition coefficient (Wildman–Crippen LogP) is 7.16. The van der Waals surface area contributed by atoms with E-state index in [9.17, 15) is 4.79 Å². The van der Waals surface area contributed by atoms with Crippen LogP contribution >= 0.6 is 0 Å². The van der Waals surface area contributed by atoms with Gasteiger partial charge in [0.05, 0.1) is 0 Å². The minimum absolute atomic E-state index is 0.237. The van der Waals surface area contributed by atoms with Crippen molar-refractivity contribution in [1.29, 1.82) is 0 Å². The van der Waals surface area contributed by atoms with E-state index in [1.807, 2.05) is 42.5 Å². The first-order valence-electron chi connectivity index (χ1n) is 12.1. The van der Waals surface area contributed by atoms with Crippen molar-refractivity contribution in [3.05, 3.63) is 77.9 Å². The number of ether oxygens (including phenoxy) is 1. The van der Waals surface area contributed by atoms with Crippen LogP contribution in [-0.4, -0.2) is 5.97 Å². The second-order valence-electron chi connectivity index (χ2n) is 10.5. The summed E-state index contributed by atoms with van der Waals surface area (Å²) in [6.07, 6.45) is 13.5. The number of hydrogen-bond acceptors (Lipinski definition) is 2. The summed E-state index contributed by atoms with van der Waals surface area (Å²) in [6, 6.07) is 20.5. The SMILES string of the molecule is CCC(CC12CC3CC(CC(C3)C1)C2)(OC(=O)/C=C/c1ccccc1)c1ccccc1. The molecule has 1 atom stereocenters. The minimum atomic E-state index is -0.551. The quantitative estimate of drug-likeness (QED) is 0.355. The third kappa shape index (κ3) is 4.22. The van der Waals surface area contributed by atoms with Gasteiger partial charge in [-0.3, -0.25) is 0 Å². The Labute approximate surface area is 186 Å². The van der Waals surface area contributed by atoms with Gasteiger partial charge in [0.25, 0.3) is 0 Å². The molecule has 0 saturated heterocycles. The first-order valence-corrected chi connectivity index (χ1v) is 12.1. The van der Waals surface area contributed by atoms with Crippen molar-refractivity contribution in [2.24, 2.45) is 23.2 Å². The van der Waals surface area contributed by atoms with E-state index in [0.717, 1.165) is 41.7 Å². The average molecular weight is 415 g/mol. The fraction of sp³-hybridized carbons (Fsp3) is 0.483. The van der Waals surface area contributed by atoms with Crippen molar-refractivity contribution in [2.45, 2.75) is 63.9 Å². The van der Waals surface area contributed by atoms with E-state index in [1.54, 1.807) is 6.08 Å². The molecule has 4 fully saturated rings. The van der Waals surface area contributed by atoms with Crippen LogP contribution in [0.4, 0.5) is 0 Å². The summed E-state index contributed by atoms with van der Waals surface area (Å²) in [4.78, 5) is 13.0. The number of rotatable bonds is 7. The lowest BCUT2D eigenvalue weighted by Crippen LogP contribution is -2.49. The van der Waals surface area contributed by atoms with Crippen LogP contribution < -0.4 is 0 Å². The minimum Gasteiger partial charge on any atom is -0.451 e. The zero-order valence-corrected chi connectivity index (χ0v) is 18.6. The maximum Gasteiger partial charge on any atom is 0.331 e. The number of esters is 1. The fourth-order valence-electron chi connectivity index (χ4n) is 7.41. The molecule has 0 amide bonds. The van der Waals surface area contributed by atoms with Gasteiger partial charge >= 0.3 is 5.97 Å². The van der Waals surface area contributed by atoms with Crippen LogP contribution in [0, 0.1) is 23.2 Å². The van der Waals surface area contributed by atoms with E-state index in [-0.39, 0.29) is 5.97 Å². The number of benzene rings is 2. The third-order valence-electron chi connectivity index (χ3n) is 8.20. The zero-order valence-electron chi connectivity index (χ0n) is 18.6. The van der Waals surface area contributed by atoms with E-state index in [0.29, 0.717) is 5.41 Å². The molecule has 31 heavy (non-hydrogen) atoms. The topological polar surface area (TPSA) is 26.3 Å². The second kappa shape index (κ2) is 8.30. The zero-order chi connectivity index (χ0) is 21.3. The molecule has 4 aliphatic rings. The van der Waals surface area contributed by atoms with Gasteiger partial charge in [-0.1, -0.05) is 67.6 Å². The van der Waals surface area contributed by atoms with E-state index in [4.69, 9.17) is 4.74 Å². The highest BCUT2D eigenvalue weighted by Gasteiger charge is 2.54. The molecule has 2 nitrogen and oxygen atoms in total. The highest BCUT2D eigenvalue weighted by Crippen LogP contribution is 2.63. The lowest BCUT2D eigenvalue weighted by atomic mass is 9.47. The first kappa shape index (κ1) is 20.5. The van der Waals surface area contributed by atoms with Crippen LogP contribution in [0.2, 0.25) is 0 Å². The molecule has 1 unspecified atom stereocenters. The first-order chi connectivity index (χ1) is 15.1. The molecule has 0 heterocycles. The Hall–Kier alpha value is -2.35. The van der Waals surface area contributed by atoms with Gasteiger partial charge in [-0.2, -0.15) is 0 Å². The molecule has 2 aromatic rings. The summed E-state index contributed by atoms with van der Waals surface area (Å²) >= 11 is 0. The van der Waals surface area contributed by atoms with E-state index in [1.165, 1.54) is 38.5 Å². The molecule has 0 N–H and O–H groups in total. The van der Waals surface area contributed by atoms with E-state index in [2.05, 4.69) is 31.2 Å². The molecule has 2 aromatic carbocycles. The Balaban J connectivity index is 1.43. The summed E-state index contributed by atoms with van der Waals surface area (Å²) in [5, 5.41) is 0. The van der Waals surface area contributed by atoms with Gasteiger partial charge in [0.2, 0.25) is 0 Å². The van der Waals surface area contributed by atoms with Crippen LogP contribution in [0.25, 0.3) is 6.08 Å². The number of hydrogen-bond donors (Lipinski definition) is 0. The van der Waals surface area contributed by atoms with Crippen molar-refractivity contribution in [1.82, 2.24) is 0 Å². The van der Waals surface area contributed by atoms with Crippen molar-refractivity contribution >= 4 is 12.0 Å². The van der Waals surface area contributed by atoms with Crippen molar-refractivity contribution in [2.75, 3.05) is 0 Å². The Morgan fingerprint density at radius 3 is 2.03 bits per heavy atom. The summed E-state index contributed by atoms with van der Waals surface area (Å²) in [5.74, 6) is 2.44. The lowest BCUT2D eigenvalue weighted by molar-refractivity contribution is -0.167. The molecule has 0 aromatic heterocycles. The van der Waals surface area contributed by atoms with Gasteiger partial charge in [-0.25, -0.2) is 4.79 Å². The molecular formula is C29H34O2. The van der Waals surface area contributed by atoms with Crippen molar-refractivity contribution in [3.8, 4) is 0 Å². The van der Waals surface area contributed by atoms with Gasteiger partial charge < -0.3 is 4.74 Å². The standard InChI is InChI=1S/C29H34O2/c1-2-29(26-11-7-4-8-12-26,31-27(30)14-13-22-9-5-3-6-10-22)21-28-18-23-15-24(19-28)17-25(16-23)20-28/h3-14,23-25H,2,15-21H2,1H3/b14-13+. The lowest BCUT2D eigenvalue weighted by Gasteiger charge is -2.58. The van der Waals surface area contributed by atoms with Crippen LogP contribution in [-0.2, 0) is 15.1 Å². The number of carbonyl (C=O) groups is 1. The highest BCUT2D eigenvalue weighted by atomic mass is 16.6. The normalized spacial score (nSPS) is 30.9. The van der Waals surface area contributed by atoms with Gasteiger partial charge in [0.1, 0.15) is 5.60 Å². The van der Waals surface area contributed by atoms with Gasteiger partial charge in [0.15, 0.2) is 0 Å². The summed E-state index contributed by atoms with van der Waals surface area (Å²) in [6.45, 7) is 2.18. The maximum absolute atomic E-state index is 13.0. The smallest absolute Gasteiger partial charge is 0.331 e.